The van der Waals surface area contributed by atoms with Crippen LogP contribution in [0.2, 0.25) is 0 Å². The molecule has 0 saturated heterocycles. The Morgan fingerprint density at radius 2 is 2.00 bits per heavy atom. The van der Waals surface area contributed by atoms with Crippen LogP contribution in [-0.4, -0.2) is 16.4 Å². The molecule has 1 aromatic heterocycles. The van der Waals surface area contributed by atoms with Crippen molar-refractivity contribution in [3.8, 4) is 5.75 Å². The maximum absolute atomic E-state index is 5.92. The standard InChI is InChI=1S/C16H20BrN2O/c1-4-19-11-14(10-18-19)6-5-7-20-16-12(2)8-15(17)9-13(16)3/h8-9,11H,4-7H2,1-3H3. The summed E-state index contributed by atoms with van der Waals surface area (Å²) < 4.78 is 8.92. The van der Waals surface area contributed by atoms with E-state index in [1.54, 1.807) is 0 Å². The molecule has 1 heterocycles. The van der Waals surface area contributed by atoms with Crippen LogP contribution in [0.4, 0.5) is 0 Å². The summed E-state index contributed by atoms with van der Waals surface area (Å²) in [7, 11) is 0. The van der Waals surface area contributed by atoms with E-state index in [4.69, 9.17) is 4.74 Å². The SMILES string of the molecule is CCn1cc(CCCOc2c(C)cc(Br)cc2C)[c]n1. The summed E-state index contributed by atoms with van der Waals surface area (Å²) in [6.45, 7) is 7.84. The number of hydrogen-bond acceptors (Lipinski definition) is 2. The topological polar surface area (TPSA) is 27.1 Å². The quantitative estimate of drug-likeness (QED) is 0.743. The molecule has 0 atom stereocenters. The molecule has 0 aliphatic heterocycles. The van der Waals surface area contributed by atoms with Gasteiger partial charge in [0.25, 0.3) is 0 Å². The summed E-state index contributed by atoms with van der Waals surface area (Å²) in [5.74, 6) is 1.00. The van der Waals surface area contributed by atoms with Crippen molar-refractivity contribution in [3.63, 3.8) is 0 Å². The van der Waals surface area contributed by atoms with Gasteiger partial charge in [-0.05, 0) is 62.4 Å². The molecule has 20 heavy (non-hydrogen) atoms. The molecule has 0 unspecified atom stereocenters. The largest absolute Gasteiger partial charge is 0.493 e. The summed E-state index contributed by atoms with van der Waals surface area (Å²) in [5.41, 5.74) is 3.49. The van der Waals surface area contributed by atoms with Crippen LogP contribution in [0.25, 0.3) is 0 Å². The van der Waals surface area contributed by atoms with Crippen LogP contribution in [0.5, 0.6) is 5.75 Å². The van der Waals surface area contributed by atoms with Crippen molar-refractivity contribution in [3.05, 3.63) is 45.7 Å². The Morgan fingerprint density at radius 3 is 2.60 bits per heavy atom. The van der Waals surface area contributed by atoms with E-state index in [9.17, 15) is 0 Å². The highest BCUT2D eigenvalue weighted by Gasteiger charge is 2.06. The molecule has 107 valence electrons. The summed E-state index contributed by atoms with van der Waals surface area (Å²) in [4.78, 5) is 0. The van der Waals surface area contributed by atoms with Gasteiger partial charge in [-0.15, -0.1) is 0 Å². The summed E-state index contributed by atoms with van der Waals surface area (Å²) in [6.07, 6.45) is 7.01. The lowest BCUT2D eigenvalue weighted by Crippen LogP contribution is -2.02. The third-order valence-corrected chi connectivity index (χ3v) is 3.67. The van der Waals surface area contributed by atoms with E-state index < -0.39 is 0 Å². The maximum atomic E-state index is 5.92. The van der Waals surface area contributed by atoms with E-state index in [2.05, 4.69) is 66.3 Å². The molecule has 0 amide bonds. The number of rotatable bonds is 6. The van der Waals surface area contributed by atoms with Gasteiger partial charge >= 0.3 is 0 Å². The van der Waals surface area contributed by atoms with Gasteiger partial charge in [0.15, 0.2) is 0 Å². The Kier molecular flexibility index (Phi) is 5.24. The minimum absolute atomic E-state index is 0.717. The Balaban J connectivity index is 1.84. The molecule has 0 fully saturated rings. The lowest BCUT2D eigenvalue weighted by molar-refractivity contribution is 0.307. The molecule has 1 radical (unpaired) electrons. The molecule has 0 bridgehead atoms. The predicted octanol–water partition coefficient (Wildman–Crippen LogP) is 4.09. The van der Waals surface area contributed by atoms with Gasteiger partial charge in [0.1, 0.15) is 11.9 Å². The monoisotopic (exact) mass is 335 g/mol. The van der Waals surface area contributed by atoms with Crippen LogP contribution < -0.4 is 4.74 Å². The lowest BCUT2D eigenvalue weighted by atomic mass is 10.1. The maximum Gasteiger partial charge on any atom is 0.125 e. The number of hydrogen-bond donors (Lipinski definition) is 0. The first kappa shape index (κ1) is 15.1. The number of nitrogens with zero attached hydrogens (tertiary/aromatic N) is 2. The van der Waals surface area contributed by atoms with Gasteiger partial charge < -0.3 is 4.74 Å². The second-order valence-electron chi connectivity index (χ2n) is 4.94. The Labute approximate surface area is 129 Å². The molecule has 2 aromatic rings. The van der Waals surface area contributed by atoms with Crippen molar-refractivity contribution in [2.75, 3.05) is 6.61 Å². The first-order valence-electron chi connectivity index (χ1n) is 6.93. The molecule has 2 rings (SSSR count). The Bertz CT molecular complexity index is 555. The number of aromatic nitrogens is 2. The molecule has 3 nitrogen and oxygen atoms in total. The molecule has 0 aliphatic rings. The smallest absolute Gasteiger partial charge is 0.125 e. The normalized spacial score (nSPS) is 10.8. The molecule has 0 aliphatic carbocycles. The number of benzene rings is 1. The van der Waals surface area contributed by atoms with Crippen LogP contribution in [0.3, 0.4) is 0 Å². The first-order chi connectivity index (χ1) is 9.60. The number of ether oxygens (including phenoxy) is 1. The molecular formula is C16H20BrN2O. The fraction of sp³-hybridized carbons (Fsp3) is 0.438. The van der Waals surface area contributed by atoms with Gasteiger partial charge in [-0.2, -0.15) is 5.10 Å². The van der Waals surface area contributed by atoms with Crippen molar-refractivity contribution in [2.24, 2.45) is 0 Å². The third-order valence-electron chi connectivity index (χ3n) is 3.21. The molecule has 0 spiro atoms. The zero-order valence-electron chi connectivity index (χ0n) is 12.2. The van der Waals surface area contributed by atoms with Crippen molar-refractivity contribution < 1.29 is 4.74 Å². The average molecular weight is 336 g/mol. The van der Waals surface area contributed by atoms with Crippen LogP contribution in [0.15, 0.2) is 22.8 Å². The van der Waals surface area contributed by atoms with Crippen molar-refractivity contribution in [1.82, 2.24) is 9.78 Å². The van der Waals surface area contributed by atoms with Gasteiger partial charge in [0.2, 0.25) is 0 Å². The van der Waals surface area contributed by atoms with Gasteiger partial charge in [-0.3, -0.25) is 4.68 Å². The second-order valence-corrected chi connectivity index (χ2v) is 5.86. The zero-order chi connectivity index (χ0) is 14.5. The molecule has 1 aromatic carbocycles. The van der Waals surface area contributed by atoms with Crippen LogP contribution in [-0.2, 0) is 13.0 Å². The zero-order valence-corrected chi connectivity index (χ0v) is 13.8. The predicted molar refractivity (Wildman–Crippen MR) is 84.2 cm³/mol. The van der Waals surface area contributed by atoms with E-state index >= 15 is 0 Å². The first-order valence-corrected chi connectivity index (χ1v) is 7.73. The Hall–Kier alpha value is -1.29. The highest BCUT2D eigenvalue weighted by molar-refractivity contribution is 9.10. The van der Waals surface area contributed by atoms with Gasteiger partial charge in [0.05, 0.1) is 6.61 Å². The summed E-state index contributed by atoms with van der Waals surface area (Å²) in [6, 6.07) is 4.17. The van der Waals surface area contributed by atoms with Crippen molar-refractivity contribution >= 4 is 15.9 Å². The lowest BCUT2D eigenvalue weighted by Gasteiger charge is -2.12. The second kappa shape index (κ2) is 6.93. The van der Waals surface area contributed by atoms with E-state index in [1.165, 1.54) is 11.1 Å². The average Bonchev–Trinajstić information content (AvgIpc) is 2.84. The third kappa shape index (κ3) is 3.85. The molecule has 0 saturated carbocycles. The minimum atomic E-state index is 0.717. The van der Waals surface area contributed by atoms with E-state index in [-0.39, 0.29) is 0 Å². The Morgan fingerprint density at radius 1 is 1.30 bits per heavy atom. The van der Waals surface area contributed by atoms with E-state index in [0.717, 1.165) is 35.2 Å². The van der Waals surface area contributed by atoms with Gasteiger partial charge in [-0.25, -0.2) is 0 Å². The number of halogens is 1. The minimum Gasteiger partial charge on any atom is -0.493 e. The fourth-order valence-electron chi connectivity index (χ4n) is 2.21. The van der Waals surface area contributed by atoms with E-state index in [0.29, 0.717) is 6.61 Å². The fourth-order valence-corrected chi connectivity index (χ4v) is 2.90. The van der Waals surface area contributed by atoms with Crippen LogP contribution in [0.1, 0.15) is 30.0 Å². The summed E-state index contributed by atoms with van der Waals surface area (Å²) in [5, 5.41) is 4.16. The van der Waals surface area contributed by atoms with Gasteiger partial charge in [-0.1, -0.05) is 15.9 Å². The number of aryl methyl sites for hydroxylation is 4. The van der Waals surface area contributed by atoms with Crippen molar-refractivity contribution in [2.45, 2.75) is 40.2 Å². The van der Waals surface area contributed by atoms with E-state index in [1.807, 2.05) is 4.68 Å². The molecular weight excluding hydrogens is 316 g/mol. The van der Waals surface area contributed by atoms with Crippen LogP contribution in [0, 0.1) is 20.0 Å². The summed E-state index contributed by atoms with van der Waals surface area (Å²) >= 11 is 3.50. The highest BCUT2D eigenvalue weighted by Crippen LogP contribution is 2.27. The van der Waals surface area contributed by atoms with Crippen molar-refractivity contribution in [1.29, 1.82) is 0 Å². The molecule has 0 N–H and O–H groups in total. The molecule has 4 heteroatoms. The van der Waals surface area contributed by atoms with Gasteiger partial charge in [0, 0.05) is 17.2 Å². The van der Waals surface area contributed by atoms with Crippen LogP contribution >= 0.6 is 15.9 Å². The highest BCUT2D eigenvalue weighted by atomic mass is 79.9.